The minimum absolute atomic E-state index is 0.145. The van der Waals surface area contributed by atoms with E-state index in [-0.39, 0.29) is 11.5 Å². The zero-order valence-corrected chi connectivity index (χ0v) is 7.41. The van der Waals surface area contributed by atoms with Crippen molar-refractivity contribution in [3.05, 3.63) is 29.3 Å². The standard InChI is InChI=1S/C9H10FNO2/c1-5(2)6-3-7(9(12)13)8(10)11-4-6/h3-5H,1-2H3,(H,12,13). The zero-order valence-electron chi connectivity index (χ0n) is 7.41. The number of nitrogens with zero attached hydrogens (tertiary/aromatic N) is 1. The summed E-state index contributed by atoms with van der Waals surface area (Å²) < 4.78 is 12.8. The van der Waals surface area contributed by atoms with Crippen LogP contribution in [0.3, 0.4) is 0 Å². The van der Waals surface area contributed by atoms with Crippen LogP contribution in [0.25, 0.3) is 0 Å². The number of hydrogen-bond acceptors (Lipinski definition) is 2. The maximum Gasteiger partial charge on any atom is 0.340 e. The third-order valence-corrected chi connectivity index (χ3v) is 1.76. The molecule has 1 aromatic heterocycles. The molecule has 0 spiro atoms. The summed E-state index contributed by atoms with van der Waals surface area (Å²) in [5.41, 5.74) is 0.352. The average molecular weight is 183 g/mol. The fourth-order valence-corrected chi connectivity index (χ4v) is 0.930. The van der Waals surface area contributed by atoms with Crippen molar-refractivity contribution in [1.82, 2.24) is 4.98 Å². The van der Waals surface area contributed by atoms with Crippen molar-refractivity contribution >= 4 is 5.97 Å². The van der Waals surface area contributed by atoms with Gasteiger partial charge in [0.2, 0.25) is 5.95 Å². The SMILES string of the molecule is CC(C)c1cnc(F)c(C(=O)O)c1. The summed E-state index contributed by atoms with van der Waals surface area (Å²) in [7, 11) is 0. The lowest BCUT2D eigenvalue weighted by atomic mass is 10.0. The van der Waals surface area contributed by atoms with Gasteiger partial charge >= 0.3 is 5.97 Å². The average Bonchev–Trinajstić information content (AvgIpc) is 2.04. The number of hydrogen-bond donors (Lipinski definition) is 1. The summed E-state index contributed by atoms with van der Waals surface area (Å²) in [5, 5.41) is 8.59. The smallest absolute Gasteiger partial charge is 0.340 e. The molecule has 0 bridgehead atoms. The van der Waals surface area contributed by atoms with Gasteiger partial charge in [-0.25, -0.2) is 9.78 Å². The molecule has 0 radical (unpaired) electrons. The highest BCUT2D eigenvalue weighted by molar-refractivity contribution is 5.87. The van der Waals surface area contributed by atoms with Gasteiger partial charge in [0, 0.05) is 6.20 Å². The highest BCUT2D eigenvalue weighted by Gasteiger charge is 2.13. The third-order valence-electron chi connectivity index (χ3n) is 1.76. The molecule has 1 N–H and O–H groups in total. The first-order chi connectivity index (χ1) is 6.02. The fraction of sp³-hybridized carbons (Fsp3) is 0.333. The van der Waals surface area contributed by atoms with Crippen LogP contribution in [0.15, 0.2) is 12.3 Å². The van der Waals surface area contributed by atoms with E-state index in [1.54, 1.807) is 0 Å². The first kappa shape index (κ1) is 9.64. The Bertz CT molecular complexity index is 336. The second-order valence-electron chi connectivity index (χ2n) is 3.07. The quantitative estimate of drug-likeness (QED) is 0.714. The minimum atomic E-state index is -1.28. The van der Waals surface area contributed by atoms with Crippen molar-refractivity contribution in [2.24, 2.45) is 0 Å². The van der Waals surface area contributed by atoms with Crippen LogP contribution in [0, 0.1) is 5.95 Å². The van der Waals surface area contributed by atoms with Crippen LogP contribution in [-0.4, -0.2) is 16.1 Å². The monoisotopic (exact) mass is 183 g/mol. The Labute approximate surface area is 75.2 Å². The molecule has 0 fully saturated rings. The molecule has 0 atom stereocenters. The Morgan fingerprint density at radius 1 is 1.62 bits per heavy atom. The van der Waals surface area contributed by atoms with Crippen LogP contribution in [0.5, 0.6) is 0 Å². The maximum absolute atomic E-state index is 12.8. The number of carboxylic acid groups (broad SMARTS) is 1. The first-order valence-corrected chi connectivity index (χ1v) is 3.91. The van der Waals surface area contributed by atoms with Crippen molar-refractivity contribution in [1.29, 1.82) is 0 Å². The molecule has 70 valence electrons. The van der Waals surface area contributed by atoms with Gasteiger partial charge in [0.25, 0.3) is 0 Å². The van der Waals surface area contributed by atoms with Crippen molar-refractivity contribution in [3.8, 4) is 0 Å². The molecule has 0 aliphatic carbocycles. The molecule has 3 nitrogen and oxygen atoms in total. The van der Waals surface area contributed by atoms with Crippen molar-refractivity contribution in [3.63, 3.8) is 0 Å². The molecule has 1 heterocycles. The lowest BCUT2D eigenvalue weighted by Crippen LogP contribution is -2.04. The number of carboxylic acids is 1. The van der Waals surface area contributed by atoms with Gasteiger partial charge in [-0.1, -0.05) is 13.8 Å². The Morgan fingerprint density at radius 2 is 2.23 bits per heavy atom. The van der Waals surface area contributed by atoms with Crippen LogP contribution in [0.1, 0.15) is 35.7 Å². The van der Waals surface area contributed by atoms with Crippen molar-refractivity contribution in [2.75, 3.05) is 0 Å². The molecule has 0 amide bonds. The lowest BCUT2D eigenvalue weighted by Gasteiger charge is -2.05. The Balaban J connectivity index is 3.19. The second kappa shape index (κ2) is 3.51. The summed E-state index contributed by atoms with van der Waals surface area (Å²) >= 11 is 0. The highest BCUT2D eigenvalue weighted by atomic mass is 19.1. The van der Waals surface area contributed by atoms with Gasteiger partial charge in [-0.05, 0) is 17.5 Å². The van der Waals surface area contributed by atoms with Gasteiger partial charge in [-0.2, -0.15) is 4.39 Å². The number of rotatable bonds is 2. The molecule has 1 rings (SSSR count). The number of carbonyl (C=O) groups is 1. The molecular weight excluding hydrogens is 173 g/mol. The predicted octanol–water partition coefficient (Wildman–Crippen LogP) is 2.04. The van der Waals surface area contributed by atoms with Gasteiger partial charge in [-0.15, -0.1) is 0 Å². The molecule has 4 heteroatoms. The molecule has 0 saturated heterocycles. The maximum atomic E-state index is 12.8. The largest absolute Gasteiger partial charge is 0.478 e. The zero-order chi connectivity index (χ0) is 10.0. The van der Waals surface area contributed by atoms with Crippen LogP contribution in [-0.2, 0) is 0 Å². The van der Waals surface area contributed by atoms with E-state index in [1.165, 1.54) is 12.3 Å². The van der Waals surface area contributed by atoms with Gasteiger partial charge < -0.3 is 5.11 Å². The molecule has 0 aliphatic rings. The van der Waals surface area contributed by atoms with Gasteiger partial charge in [0.05, 0.1) is 0 Å². The second-order valence-corrected chi connectivity index (χ2v) is 3.07. The minimum Gasteiger partial charge on any atom is -0.478 e. The number of pyridine rings is 1. The summed E-state index contributed by atoms with van der Waals surface area (Å²) in [6, 6.07) is 1.31. The van der Waals surface area contributed by atoms with E-state index < -0.39 is 11.9 Å². The van der Waals surface area contributed by atoms with Crippen LogP contribution in [0.2, 0.25) is 0 Å². The van der Waals surface area contributed by atoms with Gasteiger partial charge in [0.1, 0.15) is 5.56 Å². The number of aromatic carboxylic acids is 1. The number of halogens is 1. The molecule has 1 aromatic rings. The molecule has 0 aliphatic heterocycles. The van der Waals surface area contributed by atoms with Crippen molar-refractivity contribution in [2.45, 2.75) is 19.8 Å². The lowest BCUT2D eigenvalue weighted by molar-refractivity contribution is 0.0690. The summed E-state index contributed by atoms with van der Waals surface area (Å²) in [4.78, 5) is 13.9. The summed E-state index contributed by atoms with van der Waals surface area (Å²) in [6.45, 7) is 3.78. The molecule has 13 heavy (non-hydrogen) atoms. The first-order valence-electron chi connectivity index (χ1n) is 3.91. The van der Waals surface area contributed by atoms with Crippen LogP contribution in [0.4, 0.5) is 4.39 Å². The van der Waals surface area contributed by atoms with E-state index in [0.717, 1.165) is 5.56 Å². The van der Waals surface area contributed by atoms with E-state index in [2.05, 4.69) is 4.98 Å². The molecular formula is C9H10FNO2. The molecule has 0 unspecified atom stereocenters. The Morgan fingerprint density at radius 3 is 2.69 bits per heavy atom. The summed E-state index contributed by atoms with van der Waals surface area (Å²) in [5.74, 6) is -2.07. The topological polar surface area (TPSA) is 50.2 Å². The summed E-state index contributed by atoms with van der Waals surface area (Å²) in [6.07, 6.45) is 1.35. The van der Waals surface area contributed by atoms with E-state index >= 15 is 0 Å². The number of aromatic nitrogens is 1. The van der Waals surface area contributed by atoms with Gasteiger partial charge in [-0.3, -0.25) is 0 Å². The van der Waals surface area contributed by atoms with Crippen molar-refractivity contribution < 1.29 is 14.3 Å². The van der Waals surface area contributed by atoms with E-state index in [0.29, 0.717) is 0 Å². The van der Waals surface area contributed by atoms with E-state index in [9.17, 15) is 9.18 Å². The van der Waals surface area contributed by atoms with E-state index in [4.69, 9.17) is 5.11 Å². The fourth-order valence-electron chi connectivity index (χ4n) is 0.930. The Kier molecular flexibility index (Phi) is 2.60. The predicted molar refractivity (Wildman–Crippen MR) is 45.2 cm³/mol. The van der Waals surface area contributed by atoms with Crippen LogP contribution < -0.4 is 0 Å². The third kappa shape index (κ3) is 2.02. The Hall–Kier alpha value is -1.45. The normalized spacial score (nSPS) is 10.5. The van der Waals surface area contributed by atoms with Gasteiger partial charge in [0.15, 0.2) is 0 Å². The molecule has 0 saturated carbocycles. The van der Waals surface area contributed by atoms with E-state index in [1.807, 2.05) is 13.8 Å². The molecule has 0 aromatic carbocycles. The van der Waals surface area contributed by atoms with Crippen LogP contribution >= 0.6 is 0 Å². The highest BCUT2D eigenvalue weighted by Crippen LogP contribution is 2.15.